The third kappa shape index (κ3) is 4.02. The van der Waals surface area contributed by atoms with Crippen LogP contribution in [0.25, 0.3) is 6.08 Å². The Balaban J connectivity index is 1.74. The van der Waals surface area contributed by atoms with Crippen molar-refractivity contribution in [1.29, 1.82) is 0 Å². The summed E-state index contributed by atoms with van der Waals surface area (Å²) in [5.74, 6) is -0.0435. The number of amides is 3. The SMILES string of the molecule is COc1ccc(C=C2SC(=O)NC2=O)c2c1N(Cc1ccc([N+](=O)[O-])cc1)C(=O)CC2. The first-order valence-electron chi connectivity index (χ1n) is 9.36. The number of methoxy groups -OCH3 is 1. The Morgan fingerprint density at radius 2 is 1.90 bits per heavy atom. The van der Waals surface area contributed by atoms with Crippen LogP contribution in [-0.2, 0) is 22.6 Å². The maximum absolute atomic E-state index is 12.8. The molecule has 2 aromatic rings. The minimum atomic E-state index is -0.476. The molecule has 0 aliphatic carbocycles. The molecule has 0 atom stereocenters. The number of fused-ring (bicyclic) bond motifs is 1. The summed E-state index contributed by atoms with van der Waals surface area (Å²) in [6.07, 6.45) is 2.37. The molecule has 10 heteroatoms. The Bertz CT molecular complexity index is 1140. The number of benzene rings is 2. The van der Waals surface area contributed by atoms with Gasteiger partial charge in [-0.15, -0.1) is 0 Å². The van der Waals surface area contributed by atoms with Gasteiger partial charge in [0.25, 0.3) is 16.8 Å². The summed E-state index contributed by atoms with van der Waals surface area (Å²) >= 11 is 0.831. The summed E-state index contributed by atoms with van der Waals surface area (Å²) in [6.45, 7) is 0.216. The molecular formula is C21H17N3O6S. The minimum absolute atomic E-state index is 0.0255. The molecule has 0 saturated carbocycles. The normalized spacial score (nSPS) is 17.0. The lowest BCUT2D eigenvalue weighted by Crippen LogP contribution is -2.35. The van der Waals surface area contributed by atoms with Crippen molar-refractivity contribution in [3.8, 4) is 5.75 Å². The van der Waals surface area contributed by atoms with Gasteiger partial charge in [-0.2, -0.15) is 0 Å². The van der Waals surface area contributed by atoms with E-state index in [0.717, 1.165) is 28.5 Å². The zero-order chi connectivity index (χ0) is 22.1. The molecule has 1 fully saturated rings. The zero-order valence-electron chi connectivity index (χ0n) is 16.4. The molecule has 0 spiro atoms. The number of hydrogen-bond acceptors (Lipinski definition) is 7. The van der Waals surface area contributed by atoms with E-state index in [1.807, 2.05) is 0 Å². The zero-order valence-corrected chi connectivity index (χ0v) is 17.2. The molecule has 3 amide bonds. The van der Waals surface area contributed by atoms with Crippen molar-refractivity contribution in [1.82, 2.24) is 5.32 Å². The van der Waals surface area contributed by atoms with Crippen LogP contribution in [0, 0.1) is 10.1 Å². The summed E-state index contributed by atoms with van der Waals surface area (Å²) < 4.78 is 5.50. The van der Waals surface area contributed by atoms with E-state index in [1.54, 1.807) is 35.2 Å². The van der Waals surface area contributed by atoms with Crippen LogP contribution in [0.3, 0.4) is 0 Å². The number of carbonyl (C=O) groups is 3. The molecule has 2 aliphatic heterocycles. The summed E-state index contributed by atoms with van der Waals surface area (Å²) in [6, 6.07) is 9.53. The Labute approximate surface area is 181 Å². The number of non-ortho nitro benzene ring substituents is 1. The van der Waals surface area contributed by atoms with Gasteiger partial charge in [-0.1, -0.05) is 18.2 Å². The molecule has 0 radical (unpaired) electrons. The van der Waals surface area contributed by atoms with Gasteiger partial charge in [0.05, 0.1) is 29.2 Å². The van der Waals surface area contributed by atoms with Crippen LogP contribution in [0.1, 0.15) is 23.1 Å². The number of ether oxygens (including phenoxy) is 1. The van der Waals surface area contributed by atoms with Crippen molar-refractivity contribution in [2.75, 3.05) is 12.0 Å². The molecule has 2 aromatic carbocycles. The van der Waals surface area contributed by atoms with Gasteiger partial charge in [-0.05, 0) is 47.0 Å². The van der Waals surface area contributed by atoms with Gasteiger partial charge in [0.1, 0.15) is 5.75 Å². The number of nitro groups is 1. The second kappa shape index (κ2) is 8.23. The third-order valence-corrected chi connectivity index (χ3v) is 5.89. The number of carbonyl (C=O) groups excluding carboxylic acids is 3. The van der Waals surface area contributed by atoms with E-state index < -0.39 is 16.1 Å². The van der Waals surface area contributed by atoms with Gasteiger partial charge < -0.3 is 9.64 Å². The smallest absolute Gasteiger partial charge is 0.290 e. The Morgan fingerprint density at radius 3 is 2.52 bits per heavy atom. The summed E-state index contributed by atoms with van der Waals surface area (Å²) in [5, 5.41) is 12.7. The van der Waals surface area contributed by atoms with E-state index in [1.165, 1.54) is 19.2 Å². The standard InChI is InChI=1S/C21H17N3O6S/c1-30-16-8-4-13(10-17-20(26)22-21(27)31-17)15-7-9-18(25)23(19(15)16)11-12-2-5-14(6-3-12)24(28)29/h2-6,8,10H,7,9,11H2,1H3,(H,22,26,27). The van der Waals surface area contributed by atoms with Gasteiger partial charge in [0.15, 0.2) is 0 Å². The monoisotopic (exact) mass is 439 g/mol. The first-order chi connectivity index (χ1) is 14.9. The van der Waals surface area contributed by atoms with E-state index >= 15 is 0 Å². The first-order valence-corrected chi connectivity index (χ1v) is 10.2. The van der Waals surface area contributed by atoms with Crippen LogP contribution in [0.5, 0.6) is 5.75 Å². The van der Waals surface area contributed by atoms with Crippen molar-refractivity contribution in [3.63, 3.8) is 0 Å². The number of hydrogen-bond donors (Lipinski definition) is 1. The van der Waals surface area contributed by atoms with Gasteiger partial charge >= 0.3 is 0 Å². The van der Waals surface area contributed by atoms with Gasteiger partial charge in [0.2, 0.25) is 5.91 Å². The first kappa shape index (κ1) is 20.6. The van der Waals surface area contributed by atoms with Crippen LogP contribution in [0.2, 0.25) is 0 Å². The molecular weight excluding hydrogens is 422 g/mol. The summed E-state index contributed by atoms with van der Waals surface area (Å²) in [5.41, 5.74) is 2.86. The molecule has 0 aromatic heterocycles. The Hall–Kier alpha value is -3.66. The number of nitrogens with one attached hydrogen (secondary N) is 1. The lowest BCUT2D eigenvalue weighted by Gasteiger charge is -2.32. The number of nitro benzene ring substituents is 1. The average Bonchev–Trinajstić information content (AvgIpc) is 3.07. The summed E-state index contributed by atoms with van der Waals surface area (Å²) in [7, 11) is 1.51. The van der Waals surface area contributed by atoms with E-state index in [9.17, 15) is 24.5 Å². The predicted molar refractivity (Wildman–Crippen MR) is 115 cm³/mol. The quantitative estimate of drug-likeness (QED) is 0.431. The van der Waals surface area contributed by atoms with Crippen molar-refractivity contribution in [2.45, 2.75) is 19.4 Å². The number of rotatable bonds is 5. The molecule has 9 nitrogen and oxygen atoms in total. The Kier molecular flexibility index (Phi) is 5.47. The van der Waals surface area contributed by atoms with E-state index in [-0.39, 0.29) is 29.5 Å². The van der Waals surface area contributed by atoms with Crippen LogP contribution in [0.4, 0.5) is 16.2 Å². The molecule has 0 bridgehead atoms. The molecule has 1 saturated heterocycles. The highest BCUT2D eigenvalue weighted by molar-refractivity contribution is 8.18. The topological polar surface area (TPSA) is 119 Å². The van der Waals surface area contributed by atoms with Crippen molar-refractivity contribution < 1.29 is 24.0 Å². The highest BCUT2D eigenvalue weighted by Gasteiger charge is 2.31. The van der Waals surface area contributed by atoms with E-state index in [0.29, 0.717) is 17.9 Å². The number of imide groups is 1. The maximum atomic E-state index is 12.8. The van der Waals surface area contributed by atoms with Crippen molar-refractivity contribution >= 4 is 46.3 Å². The molecule has 2 aliphatic rings. The lowest BCUT2D eigenvalue weighted by atomic mass is 9.94. The van der Waals surface area contributed by atoms with Crippen molar-refractivity contribution in [2.24, 2.45) is 0 Å². The second-order valence-corrected chi connectivity index (χ2v) is 7.95. The largest absolute Gasteiger partial charge is 0.495 e. The third-order valence-electron chi connectivity index (χ3n) is 5.08. The lowest BCUT2D eigenvalue weighted by molar-refractivity contribution is -0.384. The van der Waals surface area contributed by atoms with Crippen LogP contribution < -0.4 is 15.0 Å². The van der Waals surface area contributed by atoms with Crippen LogP contribution >= 0.6 is 11.8 Å². The fourth-order valence-corrected chi connectivity index (χ4v) is 4.29. The highest BCUT2D eigenvalue weighted by atomic mass is 32.2. The maximum Gasteiger partial charge on any atom is 0.290 e. The molecule has 4 rings (SSSR count). The molecule has 0 unspecified atom stereocenters. The fraction of sp³-hybridized carbons (Fsp3) is 0.190. The van der Waals surface area contributed by atoms with Gasteiger partial charge in [-0.25, -0.2) is 0 Å². The fourth-order valence-electron chi connectivity index (χ4n) is 3.62. The van der Waals surface area contributed by atoms with Crippen molar-refractivity contribution in [3.05, 3.63) is 68.1 Å². The number of anilines is 1. The van der Waals surface area contributed by atoms with E-state index in [2.05, 4.69) is 5.32 Å². The summed E-state index contributed by atoms with van der Waals surface area (Å²) in [4.78, 5) is 48.5. The number of thioether (sulfide) groups is 1. The van der Waals surface area contributed by atoms with Crippen LogP contribution in [-0.4, -0.2) is 29.1 Å². The molecule has 2 heterocycles. The predicted octanol–water partition coefficient (Wildman–Crippen LogP) is 3.41. The van der Waals surface area contributed by atoms with Gasteiger partial charge in [0, 0.05) is 18.6 Å². The Morgan fingerprint density at radius 1 is 1.16 bits per heavy atom. The molecule has 31 heavy (non-hydrogen) atoms. The highest BCUT2D eigenvalue weighted by Crippen LogP contribution is 2.41. The van der Waals surface area contributed by atoms with Crippen LogP contribution in [0.15, 0.2) is 41.3 Å². The second-order valence-electron chi connectivity index (χ2n) is 6.94. The average molecular weight is 439 g/mol. The molecule has 1 N–H and O–H groups in total. The van der Waals surface area contributed by atoms with E-state index in [4.69, 9.17) is 4.74 Å². The van der Waals surface area contributed by atoms with Gasteiger partial charge in [-0.3, -0.25) is 29.8 Å². The molecule has 158 valence electrons. The number of nitrogens with zero attached hydrogens (tertiary/aromatic N) is 2. The minimum Gasteiger partial charge on any atom is -0.495 e.